The van der Waals surface area contributed by atoms with E-state index in [0.717, 1.165) is 40.9 Å². The molecule has 0 unspecified atom stereocenters. The van der Waals surface area contributed by atoms with Gasteiger partial charge in [-0.1, -0.05) is 40.9 Å². The van der Waals surface area contributed by atoms with Crippen LogP contribution in [0.4, 0.5) is 5.69 Å². The molecule has 0 aliphatic carbocycles. The molecule has 1 aromatic heterocycles. The van der Waals surface area contributed by atoms with E-state index in [-0.39, 0.29) is 16.5 Å². The first-order valence-corrected chi connectivity index (χ1v) is 10.1. The molecule has 0 spiro atoms. The fourth-order valence-corrected chi connectivity index (χ4v) is 3.12. The summed E-state index contributed by atoms with van der Waals surface area (Å²) in [5.74, 6) is 0.733. The fourth-order valence-electron chi connectivity index (χ4n) is 2.71. The van der Waals surface area contributed by atoms with E-state index in [0.29, 0.717) is 11.8 Å². The average Bonchev–Trinajstić information content (AvgIpc) is 3.07. The van der Waals surface area contributed by atoms with Crippen LogP contribution in [0.1, 0.15) is 11.1 Å². The van der Waals surface area contributed by atoms with Crippen LogP contribution in [-0.4, -0.2) is 40.3 Å². The number of anilines is 1. The molecular formula is C22H24Cl2N4NiO. The van der Waals surface area contributed by atoms with Gasteiger partial charge in [0, 0.05) is 42.9 Å². The van der Waals surface area contributed by atoms with Gasteiger partial charge in [-0.15, -0.1) is 35.3 Å². The van der Waals surface area contributed by atoms with E-state index in [9.17, 15) is 4.79 Å². The van der Waals surface area contributed by atoms with Crippen molar-refractivity contribution in [3.63, 3.8) is 0 Å². The van der Waals surface area contributed by atoms with E-state index in [1.54, 1.807) is 6.08 Å². The molecule has 30 heavy (non-hydrogen) atoms. The summed E-state index contributed by atoms with van der Waals surface area (Å²) < 4.78 is 1.88. The van der Waals surface area contributed by atoms with Crippen LogP contribution in [0.2, 0.25) is 0 Å². The molecule has 0 saturated heterocycles. The van der Waals surface area contributed by atoms with Crippen LogP contribution in [0.25, 0.3) is 17.1 Å². The minimum absolute atomic E-state index is 0. The van der Waals surface area contributed by atoms with E-state index in [1.807, 2.05) is 48.0 Å². The Morgan fingerprint density at radius 2 is 1.93 bits per heavy atom. The zero-order chi connectivity index (χ0) is 21.2. The van der Waals surface area contributed by atoms with Gasteiger partial charge in [0.25, 0.3) is 0 Å². The maximum absolute atomic E-state index is 10.4. The average molecular weight is 490 g/mol. The number of imidazole rings is 1. The molecule has 5 nitrogen and oxygen atoms in total. The third-order valence-corrected chi connectivity index (χ3v) is 4.44. The largest absolute Gasteiger partial charge is 2.00 e. The van der Waals surface area contributed by atoms with Crippen molar-refractivity contribution < 1.29 is 21.3 Å². The summed E-state index contributed by atoms with van der Waals surface area (Å²) in [4.78, 5) is 16.8. The number of carbonyl (C=O) groups excluding carboxylic acids is 1. The van der Waals surface area contributed by atoms with Crippen molar-refractivity contribution in [1.29, 1.82) is 0 Å². The Labute approximate surface area is 197 Å². The number of aromatic nitrogens is 2. The summed E-state index contributed by atoms with van der Waals surface area (Å²) in [7, 11) is 1.93. The summed E-state index contributed by atoms with van der Waals surface area (Å²) in [6, 6.07) is 13.7. The molecule has 8 heteroatoms. The van der Waals surface area contributed by atoms with Crippen LogP contribution in [0.5, 0.6) is 0 Å². The SMILES string of the molecule is Cn1[c-]nc2cc(N(CCCl)CCCl)ccc21.[CH2-]c1cccc(/C=C/C(N)=O)c1.[Ni+2]. The number of primary amides is 1. The first kappa shape index (κ1) is 25.9. The summed E-state index contributed by atoms with van der Waals surface area (Å²) >= 11 is 11.6. The van der Waals surface area contributed by atoms with Gasteiger partial charge in [0.05, 0.1) is 0 Å². The standard InChI is InChI=1S/C12H14Cl2N3.C10H10NO.Ni/c1-16-9-15-11-8-10(2-3-12(11)16)17(6-4-13)7-5-14;1-8-3-2-4-9(7-8)5-6-10(11)12;/h2-3,8H,4-7H2,1H3;2-7H,1H2,(H2,11,12);/q2*-1;+2/b;6-5+;. The Balaban J connectivity index is 0.000000308. The predicted octanol–water partition coefficient (Wildman–Crippen LogP) is 4.02. The molecule has 3 aromatic rings. The van der Waals surface area contributed by atoms with Crippen molar-refractivity contribution in [2.24, 2.45) is 12.8 Å². The van der Waals surface area contributed by atoms with Gasteiger partial charge in [-0.25, -0.2) is 0 Å². The van der Waals surface area contributed by atoms with Gasteiger partial charge in [0.2, 0.25) is 5.91 Å². The summed E-state index contributed by atoms with van der Waals surface area (Å²) in [6.07, 6.45) is 5.89. The van der Waals surface area contributed by atoms with Crippen LogP contribution >= 0.6 is 23.2 Å². The van der Waals surface area contributed by atoms with E-state index in [2.05, 4.69) is 29.2 Å². The van der Waals surface area contributed by atoms with Gasteiger partial charge in [-0.05, 0) is 7.05 Å². The number of nitrogens with two attached hydrogens (primary N) is 1. The molecule has 0 aliphatic rings. The minimum atomic E-state index is -0.440. The first-order valence-electron chi connectivity index (χ1n) is 9.05. The first-order chi connectivity index (χ1) is 13.9. The number of fused-ring (bicyclic) bond motifs is 1. The van der Waals surface area contributed by atoms with Crippen LogP contribution in [-0.2, 0) is 28.3 Å². The van der Waals surface area contributed by atoms with Gasteiger partial charge in [-0.3, -0.25) is 4.79 Å². The zero-order valence-electron chi connectivity index (χ0n) is 16.6. The van der Waals surface area contributed by atoms with E-state index >= 15 is 0 Å². The van der Waals surface area contributed by atoms with Crippen LogP contribution in [0.3, 0.4) is 0 Å². The van der Waals surface area contributed by atoms with Crippen molar-refractivity contribution in [3.05, 3.63) is 72.9 Å². The third-order valence-electron chi connectivity index (χ3n) is 4.11. The Hall–Kier alpha value is -2.14. The Bertz CT molecular complexity index is 969. The number of nitrogens with zero attached hydrogens (tertiary/aromatic N) is 3. The third kappa shape index (κ3) is 7.94. The number of amides is 1. The molecule has 0 saturated carbocycles. The molecular weight excluding hydrogens is 466 g/mol. The van der Waals surface area contributed by atoms with Crippen LogP contribution < -0.4 is 10.6 Å². The van der Waals surface area contributed by atoms with Crippen molar-refractivity contribution in [3.8, 4) is 0 Å². The second kappa shape index (κ2) is 13.2. The van der Waals surface area contributed by atoms with Crippen molar-refractivity contribution in [2.45, 2.75) is 0 Å². The number of benzene rings is 2. The van der Waals surface area contributed by atoms with E-state index in [1.165, 1.54) is 6.08 Å². The van der Waals surface area contributed by atoms with Crippen molar-refractivity contribution in [2.75, 3.05) is 29.7 Å². The molecule has 0 radical (unpaired) electrons. The normalized spacial score (nSPS) is 10.4. The molecule has 0 aliphatic heterocycles. The zero-order valence-corrected chi connectivity index (χ0v) is 19.1. The number of hydrogen-bond donors (Lipinski definition) is 1. The molecule has 2 N–H and O–H groups in total. The van der Waals surface area contributed by atoms with Crippen LogP contribution in [0, 0.1) is 13.3 Å². The molecule has 0 fully saturated rings. The molecule has 3 rings (SSSR count). The van der Waals surface area contributed by atoms with Gasteiger partial charge in [0.1, 0.15) is 0 Å². The Morgan fingerprint density at radius 1 is 1.23 bits per heavy atom. The molecule has 162 valence electrons. The fraction of sp³-hybridized carbons (Fsp3) is 0.227. The topological polar surface area (TPSA) is 64.2 Å². The quantitative estimate of drug-likeness (QED) is 0.236. The number of carbonyl (C=O) groups is 1. The Kier molecular flexibility index (Phi) is 11.4. The second-order valence-electron chi connectivity index (χ2n) is 6.29. The summed E-state index contributed by atoms with van der Waals surface area (Å²) in [5, 5.41) is 0. The van der Waals surface area contributed by atoms with Gasteiger partial charge in [0.15, 0.2) is 0 Å². The minimum Gasteiger partial charge on any atom is -0.450 e. The maximum atomic E-state index is 10.4. The molecule has 1 amide bonds. The van der Waals surface area contributed by atoms with Gasteiger partial charge < -0.3 is 20.2 Å². The van der Waals surface area contributed by atoms with Gasteiger partial charge in [-0.2, -0.15) is 24.6 Å². The predicted molar refractivity (Wildman–Crippen MR) is 122 cm³/mol. The van der Waals surface area contributed by atoms with E-state index < -0.39 is 5.91 Å². The van der Waals surface area contributed by atoms with Gasteiger partial charge >= 0.3 is 16.5 Å². The van der Waals surface area contributed by atoms with E-state index in [4.69, 9.17) is 28.9 Å². The number of hydrogen-bond acceptors (Lipinski definition) is 3. The summed E-state index contributed by atoms with van der Waals surface area (Å²) in [6.45, 7) is 5.33. The number of aryl methyl sites for hydroxylation is 1. The molecule has 1 heterocycles. The maximum Gasteiger partial charge on any atom is 2.00 e. The molecule has 2 aromatic carbocycles. The van der Waals surface area contributed by atoms with Crippen LogP contribution in [0.15, 0.2) is 48.5 Å². The smallest absolute Gasteiger partial charge is 0.450 e. The summed E-state index contributed by atoms with van der Waals surface area (Å²) in [5.41, 5.74) is 9.91. The molecule has 0 atom stereocenters. The van der Waals surface area contributed by atoms with Crippen molar-refractivity contribution >= 4 is 51.9 Å². The molecule has 0 bridgehead atoms. The second-order valence-corrected chi connectivity index (χ2v) is 7.05. The Morgan fingerprint density at radius 3 is 2.53 bits per heavy atom. The van der Waals surface area contributed by atoms with Crippen molar-refractivity contribution in [1.82, 2.24) is 9.55 Å². The number of rotatable bonds is 7. The monoisotopic (exact) mass is 488 g/mol. The number of alkyl halides is 2. The number of halogens is 2.